The molecular weight excluding hydrogens is 287 g/mol. The molecule has 0 aromatic heterocycles. The number of hydrogen-bond donors (Lipinski definition) is 2. The Labute approximate surface area is 110 Å². The Morgan fingerprint density at radius 3 is 2.94 bits per heavy atom. The van der Waals surface area contributed by atoms with Gasteiger partial charge in [-0.05, 0) is 43.0 Å². The second-order valence-corrected chi connectivity index (χ2v) is 4.79. The highest BCUT2D eigenvalue weighted by Gasteiger charge is 2.10. The van der Waals surface area contributed by atoms with Crippen molar-refractivity contribution in [3.05, 3.63) is 34.1 Å². The molecule has 0 bridgehead atoms. The Bertz CT molecular complexity index is 349. The van der Waals surface area contributed by atoms with Crippen molar-refractivity contribution in [1.29, 1.82) is 0 Å². The van der Waals surface area contributed by atoms with Crippen molar-refractivity contribution in [3.8, 4) is 0 Å². The van der Waals surface area contributed by atoms with E-state index in [9.17, 15) is 4.39 Å². The van der Waals surface area contributed by atoms with Crippen LogP contribution in [-0.2, 0) is 11.2 Å². The Kier molecular flexibility index (Phi) is 6.65. The predicted molar refractivity (Wildman–Crippen MR) is 70.0 cm³/mol. The van der Waals surface area contributed by atoms with E-state index in [4.69, 9.17) is 10.6 Å². The first-order valence-electron chi connectivity index (χ1n) is 5.56. The highest BCUT2D eigenvalue weighted by molar-refractivity contribution is 9.10. The molecule has 17 heavy (non-hydrogen) atoms. The monoisotopic (exact) mass is 304 g/mol. The summed E-state index contributed by atoms with van der Waals surface area (Å²) in [6, 6.07) is 4.81. The van der Waals surface area contributed by atoms with Crippen LogP contribution < -0.4 is 11.3 Å². The summed E-state index contributed by atoms with van der Waals surface area (Å²) < 4.78 is 19.0. The van der Waals surface area contributed by atoms with E-state index in [0.29, 0.717) is 13.0 Å². The van der Waals surface area contributed by atoms with Gasteiger partial charge in [0.1, 0.15) is 5.82 Å². The maximum atomic E-state index is 13.1. The van der Waals surface area contributed by atoms with E-state index < -0.39 is 0 Å². The van der Waals surface area contributed by atoms with E-state index in [-0.39, 0.29) is 11.9 Å². The number of benzene rings is 1. The van der Waals surface area contributed by atoms with Crippen molar-refractivity contribution >= 4 is 15.9 Å². The molecule has 3 N–H and O–H groups in total. The van der Waals surface area contributed by atoms with Gasteiger partial charge in [0.2, 0.25) is 0 Å². The summed E-state index contributed by atoms with van der Waals surface area (Å²) in [7, 11) is 1.67. The van der Waals surface area contributed by atoms with E-state index in [1.54, 1.807) is 13.2 Å². The van der Waals surface area contributed by atoms with Gasteiger partial charge in [-0.15, -0.1) is 0 Å². The molecular formula is C12H18BrFN2O. The van der Waals surface area contributed by atoms with Gasteiger partial charge in [-0.2, -0.15) is 0 Å². The zero-order chi connectivity index (χ0) is 12.7. The summed E-state index contributed by atoms with van der Waals surface area (Å²) in [6.07, 6.45) is 2.52. The van der Waals surface area contributed by atoms with Gasteiger partial charge < -0.3 is 4.74 Å². The van der Waals surface area contributed by atoms with Crippen LogP contribution in [0.3, 0.4) is 0 Å². The van der Waals surface area contributed by atoms with Gasteiger partial charge in [0.25, 0.3) is 0 Å². The van der Waals surface area contributed by atoms with Gasteiger partial charge in [0.05, 0.1) is 0 Å². The van der Waals surface area contributed by atoms with Crippen LogP contribution in [0.25, 0.3) is 0 Å². The largest absolute Gasteiger partial charge is 0.385 e. The number of nitrogens with two attached hydrogens (primary N) is 1. The van der Waals surface area contributed by atoms with Gasteiger partial charge in [0.15, 0.2) is 0 Å². The van der Waals surface area contributed by atoms with Crippen molar-refractivity contribution < 1.29 is 9.13 Å². The maximum Gasteiger partial charge on any atom is 0.123 e. The van der Waals surface area contributed by atoms with E-state index in [1.165, 1.54) is 12.1 Å². The second-order valence-electron chi connectivity index (χ2n) is 3.94. The molecule has 0 heterocycles. The summed E-state index contributed by atoms with van der Waals surface area (Å²) in [6.45, 7) is 0.711. The van der Waals surface area contributed by atoms with Gasteiger partial charge in [-0.3, -0.25) is 11.3 Å². The smallest absolute Gasteiger partial charge is 0.123 e. The van der Waals surface area contributed by atoms with Crippen molar-refractivity contribution in [3.63, 3.8) is 0 Å². The molecule has 1 unspecified atom stereocenters. The van der Waals surface area contributed by atoms with Crippen molar-refractivity contribution in [2.75, 3.05) is 13.7 Å². The molecule has 1 aromatic rings. The number of hydrogen-bond acceptors (Lipinski definition) is 3. The van der Waals surface area contributed by atoms with Crippen LogP contribution in [0.15, 0.2) is 22.7 Å². The number of halogens is 2. The zero-order valence-electron chi connectivity index (χ0n) is 9.88. The third-order valence-corrected chi connectivity index (χ3v) is 3.38. The fourth-order valence-electron chi connectivity index (χ4n) is 1.68. The van der Waals surface area contributed by atoms with Crippen LogP contribution >= 0.6 is 15.9 Å². The molecule has 1 rings (SSSR count). The van der Waals surface area contributed by atoms with Gasteiger partial charge in [-0.1, -0.05) is 15.9 Å². The summed E-state index contributed by atoms with van der Waals surface area (Å²) in [4.78, 5) is 0. The van der Waals surface area contributed by atoms with Gasteiger partial charge in [-0.25, -0.2) is 4.39 Å². The first kappa shape index (κ1) is 14.6. The first-order chi connectivity index (χ1) is 8.17. The minimum Gasteiger partial charge on any atom is -0.385 e. The molecule has 0 aliphatic heterocycles. The number of rotatable bonds is 7. The number of methoxy groups -OCH3 is 1. The number of nitrogens with one attached hydrogen (secondary N) is 1. The quantitative estimate of drug-likeness (QED) is 0.462. The van der Waals surface area contributed by atoms with Crippen LogP contribution in [0.2, 0.25) is 0 Å². The molecule has 0 fully saturated rings. The Morgan fingerprint density at radius 2 is 2.29 bits per heavy atom. The summed E-state index contributed by atoms with van der Waals surface area (Å²) in [5.74, 6) is 5.27. The lowest BCUT2D eigenvalue weighted by molar-refractivity contribution is 0.188. The van der Waals surface area contributed by atoms with E-state index in [0.717, 1.165) is 22.9 Å². The van der Waals surface area contributed by atoms with Crippen LogP contribution in [-0.4, -0.2) is 19.8 Å². The molecule has 0 amide bonds. The van der Waals surface area contributed by atoms with Crippen LogP contribution in [0.1, 0.15) is 18.4 Å². The lowest BCUT2D eigenvalue weighted by Gasteiger charge is -2.16. The predicted octanol–water partition coefficient (Wildman–Crippen LogP) is 2.39. The number of hydrazine groups is 1. The molecule has 0 radical (unpaired) electrons. The first-order valence-corrected chi connectivity index (χ1v) is 6.35. The van der Waals surface area contributed by atoms with Crippen molar-refractivity contribution in [2.45, 2.75) is 25.3 Å². The average Bonchev–Trinajstić information content (AvgIpc) is 2.32. The SMILES string of the molecule is COCCCC(Cc1cc(F)ccc1Br)NN. The molecule has 0 saturated carbocycles. The fourth-order valence-corrected chi connectivity index (χ4v) is 2.09. The minimum atomic E-state index is -0.226. The van der Waals surface area contributed by atoms with Crippen molar-refractivity contribution in [2.24, 2.45) is 5.84 Å². The molecule has 3 nitrogen and oxygen atoms in total. The van der Waals surface area contributed by atoms with Crippen LogP contribution in [0.4, 0.5) is 4.39 Å². The topological polar surface area (TPSA) is 47.3 Å². The molecule has 1 atom stereocenters. The lowest BCUT2D eigenvalue weighted by atomic mass is 10.0. The van der Waals surface area contributed by atoms with E-state index in [1.807, 2.05) is 0 Å². The highest BCUT2D eigenvalue weighted by atomic mass is 79.9. The summed E-state index contributed by atoms with van der Waals surface area (Å²) in [5.41, 5.74) is 3.68. The lowest BCUT2D eigenvalue weighted by Crippen LogP contribution is -2.37. The average molecular weight is 305 g/mol. The highest BCUT2D eigenvalue weighted by Crippen LogP contribution is 2.20. The standard InChI is InChI=1S/C12H18BrFN2O/c1-17-6-2-3-11(16-15)8-9-7-10(14)4-5-12(9)13/h4-5,7,11,16H,2-3,6,8,15H2,1H3. The molecule has 5 heteroatoms. The zero-order valence-corrected chi connectivity index (χ0v) is 11.5. The minimum absolute atomic E-state index is 0.128. The Morgan fingerprint density at radius 1 is 1.53 bits per heavy atom. The Balaban J connectivity index is 2.57. The van der Waals surface area contributed by atoms with E-state index >= 15 is 0 Å². The van der Waals surface area contributed by atoms with Crippen molar-refractivity contribution in [1.82, 2.24) is 5.43 Å². The molecule has 0 saturated heterocycles. The second kappa shape index (κ2) is 7.76. The maximum absolute atomic E-state index is 13.1. The molecule has 1 aromatic carbocycles. The molecule has 0 spiro atoms. The summed E-state index contributed by atoms with van der Waals surface area (Å²) >= 11 is 3.41. The van der Waals surface area contributed by atoms with E-state index in [2.05, 4.69) is 21.4 Å². The third kappa shape index (κ3) is 5.12. The summed E-state index contributed by atoms with van der Waals surface area (Å²) in [5, 5.41) is 0. The normalized spacial score (nSPS) is 12.7. The van der Waals surface area contributed by atoms with Gasteiger partial charge in [0, 0.05) is 24.2 Å². The fraction of sp³-hybridized carbons (Fsp3) is 0.500. The van der Waals surface area contributed by atoms with Crippen LogP contribution in [0, 0.1) is 5.82 Å². The molecule has 0 aliphatic rings. The molecule has 96 valence electrons. The third-order valence-electron chi connectivity index (χ3n) is 2.61. The van der Waals surface area contributed by atoms with Crippen LogP contribution in [0.5, 0.6) is 0 Å². The molecule has 0 aliphatic carbocycles. The number of ether oxygens (including phenoxy) is 1. The van der Waals surface area contributed by atoms with Gasteiger partial charge >= 0.3 is 0 Å². The Hall–Kier alpha value is -0.490.